The molecule has 0 bridgehead atoms. The van der Waals surface area contributed by atoms with E-state index in [9.17, 15) is 5.48 Å². The molecule has 0 saturated carbocycles. The highest BCUT2D eigenvalue weighted by Gasteiger charge is 2.38. The van der Waals surface area contributed by atoms with Gasteiger partial charge in [0.2, 0.25) is 5.95 Å². The van der Waals surface area contributed by atoms with Crippen LogP contribution in [0, 0.1) is 0 Å². The maximum atomic E-state index is 9.53. The van der Waals surface area contributed by atoms with Crippen molar-refractivity contribution in [2.24, 2.45) is 0 Å². The lowest BCUT2D eigenvalue weighted by molar-refractivity contribution is 0.663. The van der Waals surface area contributed by atoms with Crippen LogP contribution in [-0.4, -0.2) is 19.5 Å². The zero-order valence-corrected chi connectivity index (χ0v) is 27.2. The molecule has 0 amide bonds. The number of rotatable bonds is 5. The zero-order chi connectivity index (χ0) is 48.5. The average Bonchev–Trinajstić information content (AvgIpc) is 3.87. The van der Waals surface area contributed by atoms with Gasteiger partial charge in [0.25, 0.3) is 0 Å². The van der Waals surface area contributed by atoms with Gasteiger partial charge in [-0.05, 0) is 50.6 Å². The van der Waals surface area contributed by atoms with E-state index in [0.29, 0.717) is 11.1 Å². The summed E-state index contributed by atoms with van der Waals surface area (Å²) >= 11 is 0. The van der Waals surface area contributed by atoms with Crippen molar-refractivity contribution in [2.45, 2.75) is 19.1 Å². The lowest BCUT2D eigenvalue weighted by atomic mass is 9.81. The molecule has 0 spiro atoms. The molecule has 52 heavy (non-hydrogen) atoms. The predicted molar refractivity (Wildman–Crippen MR) is 213 cm³/mol. The second-order valence-corrected chi connectivity index (χ2v) is 12.5. The molecule has 0 saturated heterocycles. The smallest absolute Gasteiger partial charge is 0.238 e. The standard InChI is InChI=1S/C48H34N4/c1-48(2)41-19-11-9-17-37(41)39-29-30-40-38-18-10-12-20-42(38)52(44(40)43(39)48)47-50-45(35-15-7-4-8-16-35)49-46(51-47)36-27-25-34(26-28-36)33-23-21-32(22-24-33)31-13-5-3-6-14-31/h3-30H,1-2H3/i1D3,2D3,9D,10D,11D,12D,17D,18D,19D,20D,29D,30D. The summed E-state index contributed by atoms with van der Waals surface area (Å²) in [5, 5.41) is -0.818. The summed E-state index contributed by atoms with van der Waals surface area (Å²) in [5.74, 6) is -0.307. The molecule has 10 rings (SSSR count). The summed E-state index contributed by atoms with van der Waals surface area (Å²) in [6.07, 6.45) is 0. The Morgan fingerprint density at radius 2 is 1.04 bits per heavy atom. The van der Waals surface area contributed by atoms with E-state index in [2.05, 4.69) is 0 Å². The first kappa shape index (κ1) is 18.0. The number of benzene rings is 7. The first-order chi connectivity index (χ1) is 32.2. The van der Waals surface area contributed by atoms with Crippen LogP contribution < -0.4 is 0 Å². The summed E-state index contributed by atoms with van der Waals surface area (Å²) in [5.41, 5.74) is -2.21. The predicted octanol–water partition coefficient (Wildman–Crippen LogP) is 11.9. The first-order valence-corrected chi connectivity index (χ1v) is 16.5. The van der Waals surface area contributed by atoms with Gasteiger partial charge in [-0.1, -0.05) is 177 Å². The third kappa shape index (κ3) is 4.72. The van der Waals surface area contributed by atoms with Gasteiger partial charge in [0, 0.05) is 35.5 Å². The Hall–Kier alpha value is -6.65. The SMILES string of the molecule is [2H]c1c([2H])c([2H])c2c(c1[2H])-c1c([2H])c([2H])c3c4c([2H])c([2H])c([2H])c([2H])c4n(-c4nc(-c5ccccc5)nc(-c5ccc(-c6ccc(-c7ccccc7)cc6)cc5)n4)c3c1C2(C([2H])([2H])[2H])C([2H])([2H])[2H]. The molecule has 4 nitrogen and oxygen atoms in total. The zero-order valence-electron chi connectivity index (χ0n) is 43.2. The normalized spacial score (nSPS) is 17.8. The van der Waals surface area contributed by atoms with Gasteiger partial charge < -0.3 is 0 Å². The van der Waals surface area contributed by atoms with Crippen molar-refractivity contribution < 1.29 is 21.9 Å². The Bertz CT molecular complexity index is 3560. The molecule has 7 aromatic carbocycles. The van der Waals surface area contributed by atoms with Crippen LogP contribution in [-0.2, 0) is 5.41 Å². The second-order valence-electron chi connectivity index (χ2n) is 12.5. The van der Waals surface area contributed by atoms with Gasteiger partial charge >= 0.3 is 0 Å². The molecule has 2 heterocycles. The van der Waals surface area contributed by atoms with Gasteiger partial charge in [-0.25, -0.2) is 4.98 Å². The first-order valence-electron chi connectivity index (χ1n) is 24.5. The molecular formula is C48H34N4. The fourth-order valence-corrected chi connectivity index (χ4v) is 6.93. The quantitative estimate of drug-likeness (QED) is 0.181. The summed E-state index contributed by atoms with van der Waals surface area (Å²) in [7, 11) is 0. The second kappa shape index (κ2) is 11.7. The number of hydrogen-bond donors (Lipinski definition) is 0. The molecule has 0 unspecified atom stereocenters. The van der Waals surface area contributed by atoms with E-state index in [1.165, 1.54) is 0 Å². The third-order valence-corrected chi connectivity index (χ3v) is 9.41. The molecule has 0 aliphatic heterocycles. The minimum absolute atomic E-state index is 0.0382. The van der Waals surface area contributed by atoms with E-state index < -0.39 is 118 Å². The third-order valence-electron chi connectivity index (χ3n) is 9.41. The highest BCUT2D eigenvalue weighted by atomic mass is 15.2. The molecule has 4 heteroatoms. The molecule has 2 aromatic heterocycles. The van der Waals surface area contributed by atoms with Gasteiger partial charge in [-0.2, -0.15) is 9.97 Å². The van der Waals surface area contributed by atoms with Crippen LogP contribution in [0.3, 0.4) is 0 Å². The topological polar surface area (TPSA) is 43.6 Å². The Balaban J connectivity index is 1.34. The lowest BCUT2D eigenvalue weighted by Crippen LogP contribution is -2.17. The van der Waals surface area contributed by atoms with E-state index in [0.717, 1.165) is 26.8 Å². The Labute approximate surface area is 325 Å². The van der Waals surface area contributed by atoms with E-state index in [4.69, 9.17) is 31.4 Å². The van der Waals surface area contributed by atoms with Crippen LogP contribution >= 0.6 is 0 Å². The van der Waals surface area contributed by atoms with E-state index >= 15 is 0 Å². The van der Waals surface area contributed by atoms with E-state index in [1.807, 2.05) is 66.7 Å². The summed E-state index contributed by atoms with van der Waals surface area (Å²) in [4.78, 5) is 14.5. The molecule has 9 aromatic rings. The Morgan fingerprint density at radius 3 is 1.69 bits per heavy atom. The summed E-state index contributed by atoms with van der Waals surface area (Å²) in [6, 6.07) is 25.8. The molecule has 1 aliphatic carbocycles. The van der Waals surface area contributed by atoms with Crippen molar-refractivity contribution in [3.63, 3.8) is 0 Å². The fraction of sp³-hybridized carbons (Fsp3) is 0.0625. The van der Waals surface area contributed by atoms with Crippen molar-refractivity contribution >= 4 is 21.8 Å². The van der Waals surface area contributed by atoms with Gasteiger partial charge in [0.15, 0.2) is 11.6 Å². The van der Waals surface area contributed by atoms with E-state index in [1.54, 1.807) is 42.5 Å². The maximum absolute atomic E-state index is 9.53. The minimum Gasteiger partial charge on any atom is -0.277 e. The Kier molecular flexibility index (Phi) is 4.06. The van der Waals surface area contributed by atoms with Crippen molar-refractivity contribution in [2.75, 3.05) is 0 Å². The van der Waals surface area contributed by atoms with Gasteiger partial charge in [0.05, 0.1) is 24.7 Å². The number of para-hydroxylation sites is 1. The molecule has 246 valence electrons. The van der Waals surface area contributed by atoms with Gasteiger partial charge in [-0.15, -0.1) is 0 Å². The number of hydrogen-bond acceptors (Lipinski definition) is 3. The van der Waals surface area contributed by atoms with Crippen molar-refractivity contribution in [3.8, 4) is 62.1 Å². The number of aromatic nitrogens is 4. The maximum Gasteiger partial charge on any atom is 0.238 e. The van der Waals surface area contributed by atoms with Crippen LogP contribution in [0.4, 0.5) is 0 Å². The molecule has 1 aliphatic rings. The summed E-state index contributed by atoms with van der Waals surface area (Å²) < 4.78 is 146. The van der Waals surface area contributed by atoms with Crippen molar-refractivity contribution in [1.29, 1.82) is 0 Å². The molecular weight excluding hydrogens is 633 g/mol. The highest BCUT2D eigenvalue weighted by molar-refractivity contribution is 6.13. The summed E-state index contributed by atoms with van der Waals surface area (Å²) in [6.45, 7) is -7.36. The van der Waals surface area contributed by atoms with Gasteiger partial charge in [-0.3, -0.25) is 4.57 Å². The monoisotopic (exact) mass is 682 g/mol. The number of nitrogens with zero attached hydrogens (tertiary/aromatic N) is 4. The van der Waals surface area contributed by atoms with Crippen LogP contribution in [0.2, 0.25) is 0 Å². The fourth-order valence-electron chi connectivity index (χ4n) is 6.93. The Morgan fingerprint density at radius 1 is 0.500 bits per heavy atom. The average molecular weight is 683 g/mol. The van der Waals surface area contributed by atoms with Crippen LogP contribution in [0.15, 0.2) is 170 Å². The molecule has 0 fully saturated rings. The lowest BCUT2D eigenvalue weighted by Gasteiger charge is -2.23. The van der Waals surface area contributed by atoms with Crippen molar-refractivity contribution in [3.05, 3.63) is 181 Å². The minimum atomic E-state index is -3.68. The van der Waals surface area contributed by atoms with Crippen LogP contribution in [0.25, 0.3) is 83.9 Å². The molecule has 0 radical (unpaired) electrons. The van der Waals surface area contributed by atoms with Crippen LogP contribution in [0.1, 0.15) is 46.8 Å². The van der Waals surface area contributed by atoms with E-state index in [-0.39, 0.29) is 23.0 Å². The number of fused-ring (bicyclic) bond motifs is 7. The highest BCUT2D eigenvalue weighted by Crippen LogP contribution is 2.52. The molecule has 0 N–H and O–H groups in total. The van der Waals surface area contributed by atoms with Crippen molar-refractivity contribution in [1.82, 2.24) is 19.5 Å². The molecule has 0 atom stereocenters. The van der Waals surface area contributed by atoms with Crippen LogP contribution in [0.5, 0.6) is 0 Å². The largest absolute Gasteiger partial charge is 0.277 e. The van der Waals surface area contributed by atoms with Gasteiger partial charge in [0.1, 0.15) is 0 Å².